The maximum atomic E-state index is 9.07. The molecule has 0 heterocycles. The Morgan fingerprint density at radius 3 is 2.88 bits per heavy atom. The SMILES string of the molecule is COC1CCCC(Oc2cccc(CO)c2)C1. The van der Waals surface area contributed by atoms with Crippen molar-refractivity contribution in [2.24, 2.45) is 0 Å². The van der Waals surface area contributed by atoms with E-state index in [0.717, 1.165) is 37.0 Å². The smallest absolute Gasteiger partial charge is 0.120 e. The fourth-order valence-corrected chi connectivity index (χ4v) is 2.33. The molecule has 2 atom stereocenters. The van der Waals surface area contributed by atoms with Crippen molar-refractivity contribution in [2.75, 3.05) is 7.11 Å². The van der Waals surface area contributed by atoms with Crippen LogP contribution in [0.1, 0.15) is 31.2 Å². The van der Waals surface area contributed by atoms with E-state index >= 15 is 0 Å². The van der Waals surface area contributed by atoms with E-state index in [9.17, 15) is 0 Å². The van der Waals surface area contributed by atoms with Gasteiger partial charge in [-0.15, -0.1) is 0 Å². The Bertz CT molecular complexity index is 351. The average Bonchev–Trinajstić information content (AvgIpc) is 2.39. The molecule has 0 aromatic heterocycles. The van der Waals surface area contributed by atoms with E-state index in [4.69, 9.17) is 14.6 Å². The Labute approximate surface area is 102 Å². The maximum absolute atomic E-state index is 9.07. The van der Waals surface area contributed by atoms with Gasteiger partial charge in [0, 0.05) is 13.5 Å². The van der Waals surface area contributed by atoms with Crippen LogP contribution in [0.5, 0.6) is 5.75 Å². The van der Waals surface area contributed by atoms with Crippen molar-refractivity contribution in [1.82, 2.24) is 0 Å². The highest BCUT2D eigenvalue weighted by Gasteiger charge is 2.22. The summed E-state index contributed by atoms with van der Waals surface area (Å²) in [6.45, 7) is 0.0581. The summed E-state index contributed by atoms with van der Waals surface area (Å²) in [4.78, 5) is 0. The summed E-state index contributed by atoms with van der Waals surface area (Å²) in [7, 11) is 1.76. The van der Waals surface area contributed by atoms with Gasteiger partial charge in [-0.1, -0.05) is 12.1 Å². The molecule has 3 heteroatoms. The highest BCUT2D eigenvalue weighted by molar-refractivity contribution is 5.28. The standard InChI is InChI=1S/C14H20O3/c1-16-12-5-3-7-14(9-12)17-13-6-2-4-11(8-13)10-15/h2,4,6,8,12,14-15H,3,5,7,9-10H2,1H3. The van der Waals surface area contributed by atoms with Crippen molar-refractivity contribution in [3.05, 3.63) is 29.8 Å². The van der Waals surface area contributed by atoms with Crippen LogP contribution in [0, 0.1) is 0 Å². The fraction of sp³-hybridized carbons (Fsp3) is 0.571. The largest absolute Gasteiger partial charge is 0.490 e. The van der Waals surface area contributed by atoms with E-state index < -0.39 is 0 Å². The molecule has 0 aliphatic heterocycles. The molecular formula is C14H20O3. The molecule has 0 spiro atoms. The minimum absolute atomic E-state index is 0.0581. The van der Waals surface area contributed by atoms with Crippen LogP contribution in [0.3, 0.4) is 0 Å². The molecule has 2 unspecified atom stereocenters. The van der Waals surface area contributed by atoms with E-state index in [1.807, 2.05) is 24.3 Å². The number of aliphatic hydroxyl groups is 1. The van der Waals surface area contributed by atoms with Gasteiger partial charge in [0.05, 0.1) is 12.7 Å². The van der Waals surface area contributed by atoms with Crippen LogP contribution >= 0.6 is 0 Å². The Balaban J connectivity index is 1.95. The first-order valence-corrected chi connectivity index (χ1v) is 6.21. The molecule has 1 aliphatic rings. The summed E-state index contributed by atoms with van der Waals surface area (Å²) < 4.78 is 11.3. The molecule has 0 amide bonds. The molecule has 94 valence electrons. The molecule has 0 bridgehead atoms. The first kappa shape index (κ1) is 12.4. The molecule has 1 aromatic rings. The second kappa shape index (κ2) is 6.03. The van der Waals surface area contributed by atoms with Crippen LogP contribution in [0.2, 0.25) is 0 Å². The van der Waals surface area contributed by atoms with E-state index in [0.29, 0.717) is 6.10 Å². The van der Waals surface area contributed by atoms with Gasteiger partial charge in [0.25, 0.3) is 0 Å². The second-order valence-corrected chi connectivity index (χ2v) is 4.57. The lowest BCUT2D eigenvalue weighted by atomic mass is 9.95. The lowest BCUT2D eigenvalue weighted by molar-refractivity contribution is 0.0209. The Hall–Kier alpha value is -1.06. The number of benzene rings is 1. The van der Waals surface area contributed by atoms with Crippen LogP contribution in [0.4, 0.5) is 0 Å². The zero-order valence-electron chi connectivity index (χ0n) is 10.3. The highest BCUT2D eigenvalue weighted by atomic mass is 16.5. The van der Waals surface area contributed by atoms with E-state index in [2.05, 4.69) is 0 Å². The molecule has 1 aliphatic carbocycles. The van der Waals surface area contributed by atoms with Crippen LogP contribution in [-0.2, 0) is 11.3 Å². The van der Waals surface area contributed by atoms with Crippen molar-refractivity contribution in [3.63, 3.8) is 0 Å². The number of hydrogen-bond acceptors (Lipinski definition) is 3. The predicted molar refractivity (Wildman–Crippen MR) is 66.0 cm³/mol. The molecule has 3 nitrogen and oxygen atoms in total. The molecule has 1 aromatic carbocycles. The zero-order valence-corrected chi connectivity index (χ0v) is 10.3. The van der Waals surface area contributed by atoms with Crippen LogP contribution in [-0.4, -0.2) is 24.4 Å². The van der Waals surface area contributed by atoms with Gasteiger partial charge in [0.15, 0.2) is 0 Å². The molecule has 1 N–H and O–H groups in total. The van der Waals surface area contributed by atoms with Gasteiger partial charge in [-0.25, -0.2) is 0 Å². The van der Waals surface area contributed by atoms with Crippen molar-refractivity contribution < 1.29 is 14.6 Å². The third-order valence-corrected chi connectivity index (χ3v) is 3.30. The molecule has 0 radical (unpaired) electrons. The van der Waals surface area contributed by atoms with E-state index in [1.54, 1.807) is 7.11 Å². The van der Waals surface area contributed by atoms with Crippen LogP contribution in [0.25, 0.3) is 0 Å². The van der Waals surface area contributed by atoms with Gasteiger partial charge in [0.1, 0.15) is 11.9 Å². The first-order chi connectivity index (χ1) is 8.31. The Morgan fingerprint density at radius 1 is 1.29 bits per heavy atom. The van der Waals surface area contributed by atoms with Gasteiger partial charge in [-0.3, -0.25) is 0 Å². The third kappa shape index (κ3) is 3.45. The summed E-state index contributed by atoms with van der Waals surface area (Å²) >= 11 is 0. The first-order valence-electron chi connectivity index (χ1n) is 6.21. The normalized spacial score (nSPS) is 24.6. The monoisotopic (exact) mass is 236 g/mol. The molecular weight excluding hydrogens is 216 g/mol. The third-order valence-electron chi connectivity index (χ3n) is 3.30. The van der Waals surface area contributed by atoms with Gasteiger partial charge in [0.2, 0.25) is 0 Å². The van der Waals surface area contributed by atoms with Crippen molar-refractivity contribution in [3.8, 4) is 5.75 Å². The summed E-state index contributed by atoms with van der Waals surface area (Å²) in [6, 6.07) is 7.65. The van der Waals surface area contributed by atoms with Crippen LogP contribution < -0.4 is 4.74 Å². The zero-order chi connectivity index (χ0) is 12.1. The van der Waals surface area contributed by atoms with E-state index in [-0.39, 0.29) is 12.7 Å². The van der Waals surface area contributed by atoms with Crippen molar-refractivity contribution in [1.29, 1.82) is 0 Å². The second-order valence-electron chi connectivity index (χ2n) is 4.57. The van der Waals surface area contributed by atoms with Gasteiger partial charge in [-0.05, 0) is 37.0 Å². The number of ether oxygens (including phenoxy) is 2. The summed E-state index contributed by atoms with van der Waals surface area (Å²) in [6.07, 6.45) is 4.90. The highest BCUT2D eigenvalue weighted by Crippen LogP contribution is 2.25. The van der Waals surface area contributed by atoms with Gasteiger partial charge < -0.3 is 14.6 Å². The Kier molecular flexibility index (Phi) is 4.40. The number of aliphatic hydroxyl groups excluding tert-OH is 1. The minimum Gasteiger partial charge on any atom is -0.490 e. The number of rotatable bonds is 4. The van der Waals surface area contributed by atoms with Gasteiger partial charge >= 0.3 is 0 Å². The molecule has 1 fully saturated rings. The molecule has 17 heavy (non-hydrogen) atoms. The lowest BCUT2D eigenvalue weighted by Gasteiger charge is -2.28. The van der Waals surface area contributed by atoms with Gasteiger partial charge in [-0.2, -0.15) is 0 Å². The molecule has 1 saturated carbocycles. The summed E-state index contributed by atoms with van der Waals surface area (Å²) in [5.74, 6) is 0.846. The number of hydrogen-bond donors (Lipinski definition) is 1. The topological polar surface area (TPSA) is 38.7 Å². The average molecular weight is 236 g/mol. The van der Waals surface area contributed by atoms with E-state index in [1.165, 1.54) is 0 Å². The van der Waals surface area contributed by atoms with Crippen molar-refractivity contribution in [2.45, 2.75) is 44.5 Å². The lowest BCUT2D eigenvalue weighted by Crippen LogP contribution is -2.29. The Morgan fingerprint density at radius 2 is 2.12 bits per heavy atom. The molecule has 0 saturated heterocycles. The summed E-state index contributed by atoms with van der Waals surface area (Å²) in [5, 5.41) is 9.07. The van der Waals surface area contributed by atoms with Crippen molar-refractivity contribution >= 4 is 0 Å². The quantitative estimate of drug-likeness (QED) is 0.873. The predicted octanol–water partition coefficient (Wildman–Crippen LogP) is 2.52. The summed E-state index contributed by atoms with van der Waals surface area (Å²) in [5.41, 5.74) is 0.890. The fourth-order valence-electron chi connectivity index (χ4n) is 2.33. The maximum Gasteiger partial charge on any atom is 0.120 e. The molecule has 2 rings (SSSR count). The van der Waals surface area contributed by atoms with Crippen LogP contribution in [0.15, 0.2) is 24.3 Å². The number of methoxy groups -OCH3 is 1. The minimum atomic E-state index is 0.0581.